The van der Waals surface area contributed by atoms with Crippen molar-refractivity contribution in [2.24, 2.45) is 5.92 Å². The molecule has 0 heterocycles. The summed E-state index contributed by atoms with van der Waals surface area (Å²) in [6, 6.07) is 0. The van der Waals surface area contributed by atoms with Crippen LogP contribution < -0.4 is 0 Å². The molecule has 0 saturated heterocycles. The van der Waals surface area contributed by atoms with Crippen molar-refractivity contribution in [2.45, 2.75) is 46.5 Å². The lowest BCUT2D eigenvalue weighted by atomic mass is 10.0. The van der Waals surface area contributed by atoms with E-state index in [9.17, 15) is 0 Å². The van der Waals surface area contributed by atoms with E-state index >= 15 is 0 Å². The summed E-state index contributed by atoms with van der Waals surface area (Å²) in [4.78, 5) is 0. The van der Waals surface area contributed by atoms with Crippen molar-refractivity contribution >= 4 is 0 Å². The molecule has 10 heavy (non-hydrogen) atoms. The first-order valence-corrected chi connectivity index (χ1v) is 4.20. The highest BCUT2D eigenvalue weighted by Gasteiger charge is 1.96. The van der Waals surface area contributed by atoms with Crippen LogP contribution in [0.5, 0.6) is 0 Å². The number of unbranched alkanes of at least 4 members (excludes halogenated alkanes) is 1. The Bertz CT molecular complexity index is 114. The summed E-state index contributed by atoms with van der Waals surface area (Å²) in [7, 11) is 0. The van der Waals surface area contributed by atoms with Crippen molar-refractivity contribution in [1.82, 2.24) is 0 Å². The molecular weight excluding hydrogens is 120 g/mol. The predicted molar refractivity (Wildman–Crippen MR) is 46.8 cm³/mol. The summed E-state index contributed by atoms with van der Waals surface area (Å²) in [6.07, 6.45) is 5.08. The van der Waals surface area contributed by atoms with E-state index in [-0.39, 0.29) is 0 Å². The summed E-state index contributed by atoms with van der Waals surface area (Å²) in [5, 5.41) is 0. The molecular formula is C10H18. The molecule has 0 aliphatic rings. The van der Waals surface area contributed by atoms with E-state index in [1.807, 2.05) is 6.92 Å². The van der Waals surface area contributed by atoms with Crippen LogP contribution in [0.4, 0.5) is 0 Å². The summed E-state index contributed by atoms with van der Waals surface area (Å²) in [6.45, 7) is 6.42. The van der Waals surface area contributed by atoms with E-state index in [2.05, 4.69) is 25.7 Å². The Kier molecular flexibility index (Phi) is 6.38. The third kappa shape index (κ3) is 5.69. The fourth-order valence-electron chi connectivity index (χ4n) is 0.931. The van der Waals surface area contributed by atoms with E-state index in [0.29, 0.717) is 0 Å². The SMILES string of the molecule is CC#CCC(C)CCCC. The van der Waals surface area contributed by atoms with Gasteiger partial charge < -0.3 is 0 Å². The fraction of sp³-hybridized carbons (Fsp3) is 0.800. The fourth-order valence-corrected chi connectivity index (χ4v) is 0.931. The molecule has 0 aromatic carbocycles. The smallest absolute Gasteiger partial charge is 0.0114 e. The summed E-state index contributed by atoms with van der Waals surface area (Å²) in [5.41, 5.74) is 0. The zero-order valence-corrected chi connectivity index (χ0v) is 7.41. The maximum atomic E-state index is 3.11. The molecule has 0 bridgehead atoms. The third-order valence-corrected chi connectivity index (χ3v) is 1.68. The Morgan fingerprint density at radius 2 is 2.10 bits per heavy atom. The Morgan fingerprint density at radius 3 is 2.60 bits per heavy atom. The first kappa shape index (κ1) is 9.56. The van der Waals surface area contributed by atoms with Gasteiger partial charge in [-0.05, 0) is 19.3 Å². The topological polar surface area (TPSA) is 0 Å². The van der Waals surface area contributed by atoms with Crippen molar-refractivity contribution in [3.05, 3.63) is 0 Å². The molecule has 0 aliphatic carbocycles. The number of rotatable bonds is 4. The molecule has 0 spiro atoms. The van der Waals surface area contributed by atoms with Gasteiger partial charge >= 0.3 is 0 Å². The van der Waals surface area contributed by atoms with Crippen LogP contribution in [-0.2, 0) is 0 Å². The minimum atomic E-state index is 0.799. The molecule has 1 atom stereocenters. The average Bonchev–Trinajstić information content (AvgIpc) is 1.97. The van der Waals surface area contributed by atoms with Gasteiger partial charge in [-0.3, -0.25) is 0 Å². The molecule has 58 valence electrons. The van der Waals surface area contributed by atoms with Crippen LogP contribution in [0.3, 0.4) is 0 Å². The van der Waals surface area contributed by atoms with E-state index in [4.69, 9.17) is 0 Å². The largest absolute Gasteiger partial charge is 0.107 e. The molecule has 0 aromatic rings. The molecule has 0 saturated carbocycles. The summed E-state index contributed by atoms with van der Waals surface area (Å²) < 4.78 is 0. The normalized spacial score (nSPS) is 11.9. The van der Waals surface area contributed by atoms with Gasteiger partial charge in [0, 0.05) is 6.42 Å². The second-order valence-electron chi connectivity index (χ2n) is 2.88. The molecule has 0 aromatic heterocycles. The lowest BCUT2D eigenvalue weighted by Crippen LogP contribution is -1.91. The van der Waals surface area contributed by atoms with Crippen LogP contribution in [0.15, 0.2) is 0 Å². The molecule has 0 fully saturated rings. The third-order valence-electron chi connectivity index (χ3n) is 1.68. The van der Waals surface area contributed by atoms with E-state index in [1.165, 1.54) is 19.3 Å². The molecule has 0 nitrogen and oxygen atoms in total. The maximum absolute atomic E-state index is 3.11. The standard InChI is InChI=1S/C10H18/c1-4-6-8-10(3)9-7-5-2/h10H,4,6,8-9H2,1-3H3. The van der Waals surface area contributed by atoms with Crippen molar-refractivity contribution in [3.63, 3.8) is 0 Å². The highest BCUT2D eigenvalue weighted by atomic mass is 14.0. The van der Waals surface area contributed by atoms with Crippen molar-refractivity contribution in [3.8, 4) is 11.8 Å². The predicted octanol–water partition coefficient (Wildman–Crippen LogP) is 3.23. The van der Waals surface area contributed by atoms with Gasteiger partial charge in [0.2, 0.25) is 0 Å². The highest BCUT2D eigenvalue weighted by molar-refractivity contribution is 4.95. The maximum Gasteiger partial charge on any atom is 0.0114 e. The molecule has 0 amide bonds. The minimum Gasteiger partial charge on any atom is -0.107 e. The molecule has 0 aliphatic heterocycles. The molecule has 1 unspecified atom stereocenters. The zero-order chi connectivity index (χ0) is 7.82. The van der Waals surface area contributed by atoms with Gasteiger partial charge in [0.1, 0.15) is 0 Å². The van der Waals surface area contributed by atoms with Gasteiger partial charge in [-0.2, -0.15) is 0 Å². The minimum absolute atomic E-state index is 0.799. The van der Waals surface area contributed by atoms with Crippen molar-refractivity contribution in [1.29, 1.82) is 0 Å². The number of hydrogen-bond donors (Lipinski definition) is 0. The van der Waals surface area contributed by atoms with Gasteiger partial charge in [0.25, 0.3) is 0 Å². The van der Waals surface area contributed by atoms with Crippen LogP contribution in [0.1, 0.15) is 46.5 Å². The Balaban J connectivity index is 3.21. The molecule has 0 N–H and O–H groups in total. The van der Waals surface area contributed by atoms with Gasteiger partial charge in [-0.25, -0.2) is 0 Å². The summed E-state index contributed by atoms with van der Waals surface area (Å²) in [5.74, 6) is 6.83. The second-order valence-corrected chi connectivity index (χ2v) is 2.88. The van der Waals surface area contributed by atoms with Crippen LogP contribution in [0.2, 0.25) is 0 Å². The van der Waals surface area contributed by atoms with Gasteiger partial charge in [0.15, 0.2) is 0 Å². The monoisotopic (exact) mass is 138 g/mol. The van der Waals surface area contributed by atoms with Crippen LogP contribution in [0, 0.1) is 17.8 Å². The first-order chi connectivity index (χ1) is 4.81. The Morgan fingerprint density at radius 1 is 1.40 bits per heavy atom. The lowest BCUT2D eigenvalue weighted by Gasteiger charge is -2.04. The Hall–Kier alpha value is -0.440. The molecule has 0 rings (SSSR count). The van der Waals surface area contributed by atoms with Crippen LogP contribution in [0.25, 0.3) is 0 Å². The Labute approximate surface area is 65.0 Å². The van der Waals surface area contributed by atoms with Crippen molar-refractivity contribution < 1.29 is 0 Å². The lowest BCUT2D eigenvalue weighted by molar-refractivity contribution is 0.518. The van der Waals surface area contributed by atoms with Crippen LogP contribution >= 0.6 is 0 Å². The average molecular weight is 138 g/mol. The zero-order valence-electron chi connectivity index (χ0n) is 7.41. The molecule has 0 radical (unpaired) electrons. The second kappa shape index (κ2) is 6.68. The molecule has 0 heteroatoms. The quantitative estimate of drug-likeness (QED) is 0.523. The number of hydrogen-bond acceptors (Lipinski definition) is 0. The highest BCUT2D eigenvalue weighted by Crippen LogP contribution is 2.10. The van der Waals surface area contributed by atoms with Crippen molar-refractivity contribution in [2.75, 3.05) is 0 Å². The van der Waals surface area contributed by atoms with E-state index < -0.39 is 0 Å². The van der Waals surface area contributed by atoms with Gasteiger partial charge in [-0.1, -0.05) is 26.7 Å². The summed E-state index contributed by atoms with van der Waals surface area (Å²) >= 11 is 0. The van der Waals surface area contributed by atoms with Gasteiger partial charge in [-0.15, -0.1) is 11.8 Å². The van der Waals surface area contributed by atoms with E-state index in [0.717, 1.165) is 12.3 Å². The van der Waals surface area contributed by atoms with Crippen LogP contribution in [-0.4, -0.2) is 0 Å². The van der Waals surface area contributed by atoms with Gasteiger partial charge in [0.05, 0.1) is 0 Å². The van der Waals surface area contributed by atoms with E-state index in [1.54, 1.807) is 0 Å². The first-order valence-electron chi connectivity index (χ1n) is 4.20.